The number of nitrogens with one attached hydrogen (secondary N) is 1. The number of rotatable bonds is 4. The Morgan fingerprint density at radius 1 is 1.42 bits per heavy atom. The van der Waals surface area contributed by atoms with E-state index in [2.05, 4.69) is 48.5 Å². The van der Waals surface area contributed by atoms with E-state index >= 15 is 0 Å². The molecule has 6 nitrogen and oxygen atoms in total. The van der Waals surface area contributed by atoms with Crippen LogP contribution in [0.5, 0.6) is 0 Å². The molecule has 1 N–H and O–H groups in total. The Balaban J connectivity index is 2.09. The highest BCUT2D eigenvalue weighted by Gasteiger charge is 2.28. The summed E-state index contributed by atoms with van der Waals surface area (Å²) >= 11 is 3.42. The van der Waals surface area contributed by atoms with Crippen LogP contribution < -0.4 is 5.32 Å². The van der Waals surface area contributed by atoms with Gasteiger partial charge in [0.25, 0.3) is 0 Å². The number of halogens is 1. The van der Waals surface area contributed by atoms with Crippen LogP contribution in [0, 0.1) is 0 Å². The van der Waals surface area contributed by atoms with E-state index in [1.54, 1.807) is 4.68 Å². The van der Waals surface area contributed by atoms with Crippen LogP contribution in [-0.4, -0.2) is 31.5 Å². The lowest BCUT2D eigenvalue weighted by atomic mass is 10.2. The number of anilines is 1. The summed E-state index contributed by atoms with van der Waals surface area (Å²) in [6.45, 7) is 2.89. The van der Waals surface area contributed by atoms with Crippen LogP contribution in [0.1, 0.15) is 31.5 Å². The number of nitrogens with zero attached hydrogens (tertiary/aromatic N) is 5. The molecule has 1 aliphatic carbocycles. The van der Waals surface area contributed by atoms with E-state index in [0.717, 1.165) is 29.6 Å². The largest absolute Gasteiger partial charge is 0.370 e. The summed E-state index contributed by atoms with van der Waals surface area (Å²) in [7, 11) is 1.86. The zero-order valence-corrected chi connectivity index (χ0v) is 12.5. The molecule has 2 aromatic rings. The molecule has 0 unspecified atom stereocenters. The second-order valence-electron chi connectivity index (χ2n) is 4.65. The first-order valence-electron chi connectivity index (χ1n) is 6.37. The van der Waals surface area contributed by atoms with Gasteiger partial charge in [-0.05, 0) is 35.7 Å². The molecule has 0 bridgehead atoms. The number of hydrogen-bond acceptors (Lipinski definition) is 5. The van der Waals surface area contributed by atoms with Crippen molar-refractivity contribution >= 4 is 21.7 Å². The third-order valence-corrected chi connectivity index (χ3v) is 3.61. The first-order valence-corrected chi connectivity index (χ1v) is 7.16. The third kappa shape index (κ3) is 2.47. The fourth-order valence-corrected chi connectivity index (χ4v) is 2.52. The first-order chi connectivity index (χ1) is 9.19. The summed E-state index contributed by atoms with van der Waals surface area (Å²) in [4.78, 5) is 9.23. The maximum atomic E-state index is 4.66. The molecule has 7 heteroatoms. The molecular formula is C12H15BrN6. The fraction of sp³-hybridized carbons (Fsp3) is 0.500. The quantitative estimate of drug-likeness (QED) is 0.935. The van der Waals surface area contributed by atoms with Crippen molar-refractivity contribution in [3.63, 3.8) is 0 Å². The maximum Gasteiger partial charge on any atom is 0.157 e. The van der Waals surface area contributed by atoms with Gasteiger partial charge in [-0.2, -0.15) is 0 Å². The minimum Gasteiger partial charge on any atom is -0.370 e. The summed E-state index contributed by atoms with van der Waals surface area (Å²) in [6, 6.07) is 1.94. The lowest BCUT2D eigenvalue weighted by Crippen LogP contribution is -2.05. The van der Waals surface area contributed by atoms with Gasteiger partial charge in [-0.3, -0.25) is 0 Å². The first kappa shape index (κ1) is 12.5. The summed E-state index contributed by atoms with van der Waals surface area (Å²) in [6.07, 6.45) is 2.36. The van der Waals surface area contributed by atoms with E-state index in [4.69, 9.17) is 0 Å². The van der Waals surface area contributed by atoms with Gasteiger partial charge in [0.05, 0.1) is 5.69 Å². The van der Waals surface area contributed by atoms with E-state index in [9.17, 15) is 0 Å². The van der Waals surface area contributed by atoms with E-state index in [1.807, 2.05) is 13.1 Å². The molecular weight excluding hydrogens is 308 g/mol. The summed E-state index contributed by atoms with van der Waals surface area (Å²) in [5.41, 5.74) is 1.73. The highest BCUT2D eigenvalue weighted by Crippen LogP contribution is 2.39. The van der Waals surface area contributed by atoms with Crippen LogP contribution in [0.15, 0.2) is 10.7 Å². The van der Waals surface area contributed by atoms with Crippen molar-refractivity contribution in [1.29, 1.82) is 0 Å². The molecule has 3 rings (SSSR count). The average molecular weight is 323 g/mol. The van der Waals surface area contributed by atoms with Crippen LogP contribution in [0.2, 0.25) is 0 Å². The van der Waals surface area contributed by atoms with E-state index in [1.165, 1.54) is 12.8 Å². The third-order valence-electron chi connectivity index (χ3n) is 3.07. The standard InChI is InChI=1S/C12H15BrN6/c1-3-14-9-6-8(10-11(13)17-18-19(10)2)15-12(16-9)7-4-5-7/h6-7H,3-5H2,1-2H3,(H,14,15,16). The molecule has 0 amide bonds. The monoisotopic (exact) mass is 322 g/mol. The Morgan fingerprint density at radius 2 is 2.21 bits per heavy atom. The van der Waals surface area contributed by atoms with Gasteiger partial charge in [-0.15, -0.1) is 5.10 Å². The van der Waals surface area contributed by atoms with Crippen molar-refractivity contribution in [3.05, 3.63) is 16.5 Å². The van der Waals surface area contributed by atoms with Crippen molar-refractivity contribution in [2.45, 2.75) is 25.7 Å². The molecule has 0 saturated heterocycles. The SMILES string of the molecule is CCNc1cc(-c2c(Br)nnn2C)nc(C2CC2)n1. The van der Waals surface area contributed by atoms with Gasteiger partial charge in [-0.25, -0.2) is 14.6 Å². The van der Waals surface area contributed by atoms with Gasteiger partial charge in [0, 0.05) is 25.6 Å². The van der Waals surface area contributed by atoms with Crippen LogP contribution in [0.25, 0.3) is 11.4 Å². The Labute approximate surface area is 119 Å². The minimum absolute atomic E-state index is 0.511. The Bertz CT molecular complexity index is 585. The van der Waals surface area contributed by atoms with Gasteiger partial charge < -0.3 is 5.32 Å². The topological polar surface area (TPSA) is 68.5 Å². The zero-order valence-electron chi connectivity index (χ0n) is 10.9. The second-order valence-corrected chi connectivity index (χ2v) is 5.40. The summed E-state index contributed by atoms with van der Waals surface area (Å²) in [5, 5.41) is 11.3. The number of aromatic nitrogens is 5. The Morgan fingerprint density at radius 3 is 2.79 bits per heavy atom. The predicted molar refractivity (Wildman–Crippen MR) is 75.9 cm³/mol. The number of hydrogen-bond donors (Lipinski definition) is 1. The van der Waals surface area contributed by atoms with Crippen molar-refractivity contribution in [2.24, 2.45) is 7.05 Å². The van der Waals surface area contributed by atoms with E-state index < -0.39 is 0 Å². The molecule has 1 aliphatic rings. The summed E-state index contributed by atoms with van der Waals surface area (Å²) < 4.78 is 2.43. The van der Waals surface area contributed by atoms with Crippen molar-refractivity contribution in [1.82, 2.24) is 25.0 Å². The van der Waals surface area contributed by atoms with Gasteiger partial charge in [0.15, 0.2) is 4.60 Å². The van der Waals surface area contributed by atoms with Crippen molar-refractivity contribution < 1.29 is 0 Å². The average Bonchev–Trinajstić information content (AvgIpc) is 3.16. The van der Waals surface area contributed by atoms with Gasteiger partial charge in [0.1, 0.15) is 17.3 Å². The molecule has 0 atom stereocenters. The van der Waals surface area contributed by atoms with Crippen molar-refractivity contribution in [2.75, 3.05) is 11.9 Å². The lowest BCUT2D eigenvalue weighted by Gasteiger charge is -2.08. The molecule has 2 aromatic heterocycles. The van der Waals surface area contributed by atoms with Crippen molar-refractivity contribution in [3.8, 4) is 11.4 Å². The van der Waals surface area contributed by atoms with Crippen LogP contribution >= 0.6 is 15.9 Å². The normalized spacial score (nSPS) is 14.7. The second kappa shape index (κ2) is 4.88. The van der Waals surface area contributed by atoms with Gasteiger partial charge >= 0.3 is 0 Å². The molecule has 2 heterocycles. The highest BCUT2D eigenvalue weighted by molar-refractivity contribution is 9.10. The van der Waals surface area contributed by atoms with Crippen LogP contribution in [-0.2, 0) is 7.05 Å². The van der Waals surface area contributed by atoms with Crippen LogP contribution in [0.3, 0.4) is 0 Å². The molecule has 19 heavy (non-hydrogen) atoms. The molecule has 1 fully saturated rings. The van der Waals surface area contributed by atoms with E-state index in [0.29, 0.717) is 10.5 Å². The Hall–Kier alpha value is -1.50. The highest BCUT2D eigenvalue weighted by atomic mass is 79.9. The minimum atomic E-state index is 0.511. The van der Waals surface area contributed by atoms with E-state index in [-0.39, 0.29) is 0 Å². The summed E-state index contributed by atoms with van der Waals surface area (Å²) in [5.74, 6) is 2.29. The lowest BCUT2D eigenvalue weighted by molar-refractivity contribution is 0.717. The molecule has 0 radical (unpaired) electrons. The Kier molecular flexibility index (Phi) is 3.22. The maximum absolute atomic E-state index is 4.66. The predicted octanol–water partition coefficient (Wildman–Crippen LogP) is 2.34. The number of aryl methyl sites for hydroxylation is 1. The molecule has 0 spiro atoms. The molecule has 0 aliphatic heterocycles. The van der Waals surface area contributed by atoms with Crippen LogP contribution in [0.4, 0.5) is 5.82 Å². The molecule has 0 aromatic carbocycles. The molecule has 100 valence electrons. The van der Waals surface area contributed by atoms with Gasteiger partial charge in [-0.1, -0.05) is 5.21 Å². The molecule has 1 saturated carbocycles. The zero-order chi connectivity index (χ0) is 13.4. The fourth-order valence-electron chi connectivity index (χ4n) is 1.99. The smallest absolute Gasteiger partial charge is 0.157 e. The van der Waals surface area contributed by atoms with Gasteiger partial charge in [0.2, 0.25) is 0 Å².